The number of halogens is 1. The van der Waals surface area contributed by atoms with Crippen LogP contribution in [0.2, 0.25) is 0 Å². The molecular formula is C16H23FN2. The van der Waals surface area contributed by atoms with E-state index in [-0.39, 0.29) is 12.0 Å². The van der Waals surface area contributed by atoms with Gasteiger partial charge in [0, 0.05) is 37.2 Å². The zero-order valence-corrected chi connectivity index (χ0v) is 11.8. The number of rotatable bonds is 2. The molecule has 19 heavy (non-hydrogen) atoms. The Labute approximate surface area is 114 Å². The summed E-state index contributed by atoms with van der Waals surface area (Å²) in [4.78, 5) is 0. The van der Waals surface area contributed by atoms with Crippen molar-refractivity contribution >= 4 is 0 Å². The number of allylic oxidation sites excluding steroid dienone is 2. The van der Waals surface area contributed by atoms with Crippen LogP contribution in [0.25, 0.3) is 0 Å². The zero-order valence-electron chi connectivity index (χ0n) is 11.8. The lowest BCUT2D eigenvalue weighted by Gasteiger charge is -2.42. The van der Waals surface area contributed by atoms with E-state index in [0.29, 0.717) is 12.5 Å². The predicted octanol–water partition coefficient (Wildman–Crippen LogP) is 2.70. The van der Waals surface area contributed by atoms with Crippen LogP contribution in [0.15, 0.2) is 35.1 Å². The van der Waals surface area contributed by atoms with Crippen LogP contribution in [0.3, 0.4) is 0 Å². The highest BCUT2D eigenvalue weighted by molar-refractivity contribution is 5.41. The largest absolute Gasteiger partial charge is 0.391 e. The summed E-state index contributed by atoms with van der Waals surface area (Å²) in [7, 11) is 1.91. The Kier molecular flexibility index (Phi) is 3.25. The van der Waals surface area contributed by atoms with Crippen molar-refractivity contribution in [2.24, 2.45) is 11.8 Å². The average Bonchev–Trinajstić information content (AvgIpc) is 2.30. The number of fused-ring (bicyclic) bond motifs is 4. The standard InChI is InChI=1S/C16H23FN2/c1-9(18-3)16-10(2)19-8-15(17)14-5-4-13(14)11-6-12(16)7-11/h6,10-11,15-16,18-19H,1,4-5,7-8H2,2-3H3. The van der Waals surface area contributed by atoms with Gasteiger partial charge in [0.1, 0.15) is 6.17 Å². The van der Waals surface area contributed by atoms with Crippen LogP contribution in [0.5, 0.6) is 0 Å². The molecule has 4 atom stereocenters. The third-order valence-electron chi connectivity index (χ3n) is 4.99. The topological polar surface area (TPSA) is 24.1 Å². The molecule has 0 spiro atoms. The van der Waals surface area contributed by atoms with Crippen molar-refractivity contribution in [3.8, 4) is 0 Å². The Morgan fingerprint density at radius 3 is 2.68 bits per heavy atom. The van der Waals surface area contributed by atoms with Crippen molar-refractivity contribution in [1.82, 2.24) is 10.6 Å². The molecule has 0 aromatic heterocycles. The molecule has 2 aliphatic carbocycles. The summed E-state index contributed by atoms with van der Waals surface area (Å²) in [6, 6.07) is 0.229. The van der Waals surface area contributed by atoms with E-state index >= 15 is 0 Å². The highest BCUT2D eigenvalue weighted by Gasteiger charge is 2.38. The normalized spacial score (nSPS) is 37.5. The van der Waals surface area contributed by atoms with Crippen LogP contribution in [0, 0.1) is 11.8 Å². The van der Waals surface area contributed by atoms with Crippen LogP contribution >= 0.6 is 0 Å². The van der Waals surface area contributed by atoms with Gasteiger partial charge in [-0.25, -0.2) is 4.39 Å². The van der Waals surface area contributed by atoms with Gasteiger partial charge in [-0.05, 0) is 31.8 Å². The fraction of sp³-hybridized carbons (Fsp3) is 0.625. The molecule has 0 saturated carbocycles. The van der Waals surface area contributed by atoms with Gasteiger partial charge in [-0.2, -0.15) is 0 Å². The fourth-order valence-corrected chi connectivity index (χ4v) is 3.66. The molecule has 4 rings (SSSR count). The molecule has 4 aliphatic rings. The van der Waals surface area contributed by atoms with E-state index < -0.39 is 6.17 Å². The first-order valence-corrected chi connectivity index (χ1v) is 7.28. The maximum absolute atomic E-state index is 14.2. The van der Waals surface area contributed by atoms with Crippen molar-refractivity contribution < 1.29 is 4.39 Å². The summed E-state index contributed by atoms with van der Waals surface area (Å²) in [5.74, 6) is 0.796. The smallest absolute Gasteiger partial charge is 0.134 e. The van der Waals surface area contributed by atoms with E-state index in [1.165, 1.54) is 11.1 Å². The monoisotopic (exact) mass is 262 g/mol. The van der Waals surface area contributed by atoms with E-state index in [1.54, 1.807) is 0 Å². The van der Waals surface area contributed by atoms with E-state index in [9.17, 15) is 4.39 Å². The molecule has 104 valence electrons. The van der Waals surface area contributed by atoms with Gasteiger partial charge < -0.3 is 10.6 Å². The molecule has 3 heteroatoms. The van der Waals surface area contributed by atoms with Crippen molar-refractivity contribution in [2.45, 2.75) is 38.4 Å². The molecule has 2 bridgehead atoms. The summed E-state index contributed by atoms with van der Waals surface area (Å²) in [5, 5.41) is 6.52. The molecule has 2 heterocycles. The molecule has 2 nitrogen and oxygen atoms in total. The Hall–Kier alpha value is -1.09. The van der Waals surface area contributed by atoms with Gasteiger partial charge in [0.25, 0.3) is 0 Å². The van der Waals surface area contributed by atoms with Crippen molar-refractivity contribution in [2.75, 3.05) is 13.6 Å². The summed E-state index contributed by atoms with van der Waals surface area (Å²) in [6.45, 7) is 6.69. The average molecular weight is 262 g/mol. The Balaban J connectivity index is 1.90. The number of hydrogen-bond donors (Lipinski definition) is 2. The number of hydrogen-bond acceptors (Lipinski definition) is 2. The maximum Gasteiger partial charge on any atom is 0.134 e. The highest BCUT2D eigenvalue weighted by Crippen LogP contribution is 2.47. The number of nitrogens with one attached hydrogen (secondary N) is 2. The van der Waals surface area contributed by atoms with Crippen LogP contribution in [-0.2, 0) is 0 Å². The van der Waals surface area contributed by atoms with Crippen LogP contribution in [-0.4, -0.2) is 25.8 Å². The Morgan fingerprint density at radius 1 is 1.42 bits per heavy atom. The van der Waals surface area contributed by atoms with E-state index in [4.69, 9.17) is 0 Å². The molecule has 4 unspecified atom stereocenters. The van der Waals surface area contributed by atoms with Gasteiger partial charge in [-0.3, -0.25) is 0 Å². The third-order valence-corrected chi connectivity index (χ3v) is 4.99. The summed E-state index contributed by atoms with van der Waals surface area (Å²) >= 11 is 0. The minimum Gasteiger partial charge on any atom is -0.391 e. The molecule has 0 aromatic rings. The molecular weight excluding hydrogens is 239 g/mol. The second kappa shape index (κ2) is 4.78. The first-order valence-electron chi connectivity index (χ1n) is 7.28. The molecule has 2 aliphatic heterocycles. The molecule has 2 N–H and O–H groups in total. The van der Waals surface area contributed by atoms with Gasteiger partial charge in [-0.15, -0.1) is 0 Å². The molecule has 0 radical (unpaired) electrons. The lowest BCUT2D eigenvalue weighted by atomic mass is 9.66. The summed E-state index contributed by atoms with van der Waals surface area (Å²) in [5.41, 5.74) is 4.94. The van der Waals surface area contributed by atoms with Gasteiger partial charge in [0.2, 0.25) is 0 Å². The van der Waals surface area contributed by atoms with Gasteiger partial charge in [-0.1, -0.05) is 23.8 Å². The highest BCUT2D eigenvalue weighted by atomic mass is 19.1. The fourth-order valence-electron chi connectivity index (χ4n) is 3.66. The minimum absolute atomic E-state index is 0.229. The molecule has 0 amide bonds. The van der Waals surface area contributed by atoms with Crippen molar-refractivity contribution in [3.05, 3.63) is 35.1 Å². The first kappa shape index (κ1) is 12.9. The van der Waals surface area contributed by atoms with Crippen LogP contribution in [0.1, 0.15) is 26.2 Å². The molecule has 0 saturated heterocycles. The third kappa shape index (κ3) is 2.04. The van der Waals surface area contributed by atoms with Gasteiger partial charge in [0.15, 0.2) is 0 Å². The Morgan fingerprint density at radius 2 is 2.11 bits per heavy atom. The van der Waals surface area contributed by atoms with Crippen LogP contribution < -0.4 is 10.6 Å². The first-order chi connectivity index (χ1) is 9.11. The quantitative estimate of drug-likeness (QED) is 0.748. The zero-order chi connectivity index (χ0) is 13.6. The lowest BCUT2D eigenvalue weighted by molar-refractivity contribution is 0.298. The second-order valence-electron chi connectivity index (χ2n) is 6.02. The van der Waals surface area contributed by atoms with Crippen molar-refractivity contribution in [1.29, 1.82) is 0 Å². The molecule has 0 fully saturated rings. The minimum atomic E-state index is -0.801. The maximum atomic E-state index is 14.2. The van der Waals surface area contributed by atoms with Crippen molar-refractivity contribution in [3.63, 3.8) is 0 Å². The van der Waals surface area contributed by atoms with Gasteiger partial charge in [0.05, 0.1) is 0 Å². The lowest BCUT2D eigenvalue weighted by Crippen LogP contribution is -2.44. The van der Waals surface area contributed by atoms with Gasteiger partial charge >= 0.3 is 0 Å². The summed E-state index contributed by atoms with van der Waals surface area (Å²) < 4.78 is 14.2. The van der Waals surface area contributed by atoms with E-state index in [2.05, 4.69) is 30.2 Å². The Bertz CT molecular complexity index is 463. The predicted molar refractivity (Wildman–Crippen MR) is 76.5 cm³/mol. The summed E-state index contributed by atoms with van der Waals surface area (Å²) in [6.07, 6.45) is 4.68. The second-order valence-corrected chi connectivity index (χ2v) is 6.02. The van der Waals surface area contributed by atoms with Crippen LogP contribution in [0.4, 0.5) is 4.39 Å². The molecule has 0 aromatic carbocycles. The SMILES string of the molecule is C=C(NC)C1C2=CC(C2)C2=C(CC2)C(F)CNC1C. The number of alkyl halides is 1. The van der Waals surface area contributed by atoms with E-state index in [0.717, 1.165) is 30.5 Å². The van der Waals surface area contributed by atoms with E-state index in [1.807, 2.05) is 7.05 Å².